The van der Waals surface area contributed by atoms with Gasteiger partial charge in [0, 0.05) is 38.7 Å². The second-order valence-electron chi connectivity index (χ2n) is 8.33. The molecule has 4 rings (SSSR count). The first-order chi connectivity index (χ1) is 13.3. The van der Waals surface area contributed by atoms with E-state index in [9.17, 15) is 9.90 Å². The molecule has 1 aromatic carbocycles. The highest BCUT2D eigenvalue weighted by molar-refractivity contribution is 5.80. The fraction of sp³-hybridized carbons (Fsp3) is 0.667. The molecule has 6 heteroatoms. The molecule has 27 heavy (non-hydrogen) atoms. The Kier molecular flexibility index (Phi) is 6.08. The summed E-state index contributed by atoms with van der Waals surface area (Å²) in [6.07, 6.45) is 3.88. The van der Waals surface area contributed by atoms with Gasteiger partial charge in [-0.15, -0.1) is 0 Å². The lowest BCUT2D eigenvalue weighted by Crippen LogP contribution is -2.39. The lowest BCUT2D eigenvalue weighted by atomic mass is 9.94. The summed E-state index contributed by atoms with van der Waals surface area (Å²) >= 11 is 0. The Morgan fingerprint density at radius 3 is 2.56 bits per heavy atom. The van der Waals surface area contributed by atoms with Crippen molar-refractivity contribution in [2.75, 3.05) is 45.9 Å². The zero-order valence-corrected chi connectivity index (χ0v) is 16.0. The van der Waals surface area contributed by atoms with Gasteiger partial charge < -0.3 is 14.9 Å². The van der Waals surface area contributed by atoms with Crippen LogP contribution in [0.5, 0.6) is 0 Å². The van der Waals surface area contributed by atoms with Crippen LogP contribution in [-0.2, 0) is 4.79 Å². The van der Waals surface area contributed by atoms with Crippen LogP contribution in [0.2, 0.25) is 0 Å². The van der Waals surface area contributed by atoms with Gasteiger partial charge in [0.05, 0.1) is 12.0 Å². The fourth-order valence-corrected chi connectivity index (χ4v) is 4.94. The van der Waals surface area contributed by atoms with E-state index in [1.807, 2.05) is 23.1 Å². The second kappa shape index (κ2) is 8.69. The molecule has 1 aromatic rings. The second-order valence-corrected chi connectivity index (χ2v) is 8.33. The molecule has 0 aliphatic carbocycles. The first kappa shape index (κ1) is 18.9. The molecule has 148 valence electrons. The van der Waals surface area contributed by atoms with Crippen LogP contribution in [0.1, 0.15) is 30.9 Å². The predicted molar refractivity (Wildman–Crippen MR) is 105 cm³/mol. The van der Waals surface area contributed by atoms with Crippen molar-refractivity contribution < 1.29 is 9.90 Å². The number of hydrogen-bond donors (Lipinski definition) is 3. The molecule has 3 saturated heterocycles. The maximum Gasteiger partial charge on any atom is 0.229 e. The standard InChI is InChI=1S/C21H32N4O2/c26-15-18-14-25(13-17(18)12-24-9-5-2-6-10-24)21(27)19-11-22-23-20(19)16-7-3-1-4-8-16/h1,3-4,7-8,17-20,22-23,26H,2,5-6,9-15H2/t17-,18-,19?,20?/m0/s1. The summed E-state index contributed by atoms with van der Waals surface area (Å²) in [4.78, 5) is 17.8. The SMILES string of the molecule is O=C(C1CNNC1c1ccccc1)N1C[C@@H](CO)[C@@H](CN2CCCCC2)C1. The summed E-state index contributed by atoms with van der Waals surface area (Å²) in [5.41, 5.74) is 7.59. The van der Waals surface area contributed by atoms with Crippen molar-refractivity contribution in [3.63, 3.8) is 0 Å². The van der Waals surface area contributed by atoms with Crippen LogP contribution in [0.15, 0.2) is 30.3 Å². The van der Waals surface area contributed by atoms with Crippen molar-refractivity contribution in [3.8, 4) is 0 Å². The van der Waals surface area contributed by atoms with Crippen molar-refractivity contribution in [2.24, 2.45) is 17.8 Å². The molecular formula is C21H32N4O2. The number of hydrazine groups is 1. The van der Waals surface area contributed by atoms with E-state index in [4.69, 9.17) is 0 Å². The molecule has 3 N–H and O–H groups in total. The number of aliphatic hydroxyl groups excluding tert-OH is 1. The van der Waals surface area contributed by atoms with Gasteiger partial charge in [0.2, 0.25) is 5.91 Å². The maximum absolute atomic E-state index is 13.3. The van der Waals surface area contributed by atoms with Gasteiger partial charge in [-0.1, -0.05) is 36.8 Å². The highest BCUT2D eigenvalue weighted by Crippen LogP contribution is 2.31. The van der Waals surface area contributed by atoms with Crippen LogP contribution < -0.4 is 10.9 Å². The third-order valence-electron chi connectivity index (χ3n) is 6.52. The maximum atomic E-state index is 13.3. The molecule has 2 unspecified atom stereocenters. The summed E-state index contributed by atoms with van der Waals surface area (Å²) in [6, 6.07) is 10.2. The third-order valence-corrected chi connectivity index (χ3v) is 6.52. The van der Waals surface area contributed by atoms with Gasteiger partial charge in [-0.2, -0.15) is 0 Å². The van der Waals surface area contributed by atoms with Crippen molar-refractivity contribution in [1.82, 2.24) is 20.7 Å². The molecular weight excluding hydrogens is 340 g/mol. The summed E-state index contributed by atoms with van der Waals surface area (Å²) in [5.74, 6) is 0.698. The van der Waals surface area contributed by atoms with Crippen LogP contribution in [0.3, 0.4) is 0 Å². The molecule has 3 aliphatic rings. The largest absolute Gasteiger partial charge is 0.396 e. The molecule has 0 radical (unpaired) electrons. The van der Waals surface area contributed by atoms with Gasteiger partial charge in [0.15, 0.2) is 0 Å². The quantitative estimate of drug-likeness (QED) is 0.720. The Morgan fingerprint density at radius 1 is 1.07 bits per heavy atom. The zero-order chi connectivity index (χ0) is 18.6. The van der Waals surface area contributed by atoms with Crippen molar-refractivity contribution in [2.45, 2.75) is 25.3 Å². The molecule has 1 amide bonds. The van der Waals surface area contributed by atoms with E-state index in [2.05, 4.69) is 27.9 Å². The van der Waals surface area contributed by atoms with Crippen molar-refractivity contribution >= 4 is 5.91 Å². The Hall–Kier alpha value is -1.47. The number of nitrogens with one attached hydrogen (secondary N) is 2. The minimum absolute atomic E-state index is 0.00687. The Bertz CT molecular complexity index is 620. The van der Waals surface area contributed by atoms with E-state index >= 15 is 0 Å². The predicted octanol–water partition coefficient (Wildman–Crippen LogP) is 1.00. The Labute approximate surface area is 161 Å². The fourth-order valence-electron chi connectivity index (χ4n) is 4.94. The molecule has 4 atom stereocenters. The number of amides is 1. The van der Waals surface area contributed by atoms with Gasteiger partial charge in [-0.05, 0) is 37.4 Å². The van der Waals surface area contributed by atoms with Crippen molar-refractivity contribution in [3.05, 3.63) is 35.9 Å². The van der Waals surface area contributed by atoms with E-state index in [0.717, 1.165) is 31.7 Å². The summed E-state index contributed by atoms with van der Waals surface area (Å²) in [5, 5.41) is 9.88. The molecule has 3 heterocycles. The normalized spacial score (nSPS) is 32.1. The number of likely N-dealkylation sites (tertiary alicyclic amines) is 2. The Balaban J connectivity index is 1.41. The minimum atomic E-state index is -0.0968. The molecule has 0 saturated carbocycles. The van der Waals surface area contributed by atoms with Gasteiger partial charge in [-0.3, -0.25) is 10.2 Å². The van der Waals surface area contributed by atoms with Gasteiger partial charge >= 0.3 is 0 Å². The smallest absolute Gasteiger partial charge is 0.229 e. The number of nitrogens with zero attached hydrogens (tertiary/aromatic N) is 2. The molecule has 0 spiro atoms. The summed E-state index contributed by atoms with van der Waals surface area (Å²) in [6.45, 7) is 5.62. The number of benzene rings is 1. The average Bonchev–Trinajstić information content (AvgIpc) is 3.36. The number of carbonyl (C=O) groups is 1. The van der Waals surface area contributed by atoms with E-state index in [1.54, 1.807) is 0 Å². The van der Waals surface area contributed by atoms with E-state index in [0.29, 0.717) is 19.0 Å². The average molecular weight is 373 g/mol. The van der Waals surface area contributed by atoms with Crippen LogP contribution in [0, 0.1) is 17.8 Å². The van der Waals surface area contributed by atoms with Crippen molar-refractivity contribution in [1.29, 1.82) is 0 Å². The topological polar surface area (TPSA) is 67.8 Å². The number of aliphatic hydroxyl groups is 1. The molecule has 0 aromatic heterocycles. The first-order valence-corrected chi connectivity index (χ1v) is 10.4. The van der Waals surface area contributed by atoms with Crippen LogP contribution >= 0.6 is 0 Å². The number of rotatable bonds is 5. The number of piperidine rings is 1. The molecule has 6 nitrogen and oxygen atoms in total. The third kappa shape index (κ3) is 4.19. The van der Waals surface area contributed by atoms with Crippen LogP contribution in [0.25, 0.3) is 0 Å². The van der Waals surface area contributed by atoms with Crippen LogP contribution in [-0.4, -0.2) is 66.7 Å². The monoisotopic (exact) mass is 372 g/mol. The van der Waals surface area contributed by atoms with Gasteiger partial charge in [-0.25, -0.2) is 5.43 Å². The summed E-state index contributed by atoms with van der Waals surface area (Å²) in [7, 11) is 0. The lowest BCUT2D eigenvalue weighted by Gasteiger charge is -2.30. The lowest BCUT2D eigenvalue weighted by molar-refractivity contribution is -0.134. The minimum Gasteiger partial charge on any atom is -0.396 e. The molecule has 3 fully saturated rings. The highest BCUT2D eigenvalue weighted by atomic mass is 16.3. The number of carbonyl (C=O) groups excluding carboxylic acids is 1. The highest BCUT2D eigenvalue weighted by Gasteiger charge is 2.41. The van der Waals surface area contributed by atoms with E-state index < -0.39 is 0 Å². The molecule has 0 bridgehead atoms. The molecule has 3 aliphatic heterocycles. The van der Waals surface area contributed by atoms with Gasteiger partial charge in [0.25, 0.3) is 0 Å². The Morgan fingerprint density at radius 2 is 1.81 bits per heavy atom. The van der Waals surface area contributed by atoms with Gasteiger partial charge in [0.1, 0.15) is 0 Å². The zero-order valence-electron chi connectivity index (χ0n) is 16.0. The van der Waals surface area contributed by atoms with Crippen LogP contribution in [0.4, 0.5) is 0 Å². The van der Waals surface area contributed by atoms with E-state index in [1.165, 1.54) is 19.3 Å². The van der Waals surface area contributed by atoms with E-state index in [-0.39, 0.29) is 30.4 Å². The summed E-state index contributed by atoms with van der Waals surface area (Å²) < 4.78 is 0. The first-order valence-electron chi connectivity index (χ1n) is 10.4. The number of hydrogen-bond acceptors (Lipinski definition) is 5.